The second-order valence-electron chi connectivity index (χ2n) is 15.7. The zero-order chi connectivity index (χ0) is 39.4. The molecule has 1 aliphatic heterocycles. The van der Waals surface area contributed by atoms with Gasteiger partial charge in [0.15, 0.2) is 0 Å². The van der Waals surface area contributed by atoms with Crippen molar-refractivity contribution < 1.29 is 4.74 Å². The van der Waals surface area contributed by atoms with Crippen molar-refractivity contribution >= 4 is 53.9 Å². The summed E-state index contributed by atoms with van der Waals surface area (Å²) in [4.78, 5) is 10.2. The van der Waals surface area contributed by atoms with Crippen LogP contribution in [-0.2, 0) is 5.41 Å². The molecule has 0 saturated carbocycles. The minimum absolute atomic E-state index is 0.564. The summed E-state index contributed by atoms with van der Waals surface area (Å²) < 4.78 is 9.03. The highest BCUT2D eigenvalue weighted by atomic mass is 32.1. The van der Waals surface area contributed by atoms with Gasteiger partial charge in [-0.3, -0.25) is 0 Å². The van der Waals surface area contributed by atoms with Crippen LogP contribution in [0.15, 0.2) is 194 Å². The Labute approximate surface area is 354 Å². The van der Waals surface area contributed by atoms with E-state index in [0.29, 0.717) is 0 Å². The van der Waals surface area contributed by atoms with E-state index in [9.17, 15) is 0 Å². The average molecular weight is 801 g/mol. The molecule has 9 aromatic carbocycles. The summed E-state index contributed by atoms with van der Waals surface area (Å²) in [5.74, 6) is 1.79. The van der Waals surface area contributed by atoms with Gasteiger partial charge in [-0.1, -0.05) is 115 Å². The molecule has 5 heteroatoms. The summed E-state index contributed by atoms with van der Waals surface area (Å²) >= 11 is 3.47. The topological polar surface area (TPSA) is 35.0 Å². The molecule has 2 aromatic heterocycles. The lowest BCUT2D eigenvalue weighted by molar-refractivity contribution is 0.436. The SMILES string of the molecule is c1cc(-c2cc(-c3nc4ccccc4s3)cc(-c3nc4ccccc4s3)c2)cc(-c2ccc3c(c2)C2(c4ccccc4Oc4ccccc42)c2cc4ccccc4cc2-3)c1. The van der Waals surface area contributed by atoms with Crippen LogP contribution >= 0.6 is 22.7 Å². The van der Waals surface area contributed by atoms with E-state index in [1.807, 2.05) is 0 Å². The van der Waals surface area contributed by atoms with E-state index in [1.54, 1.807) is 22.7 Å². The van der Waals surface area contributed by atoms with Crippen molar-refractivity contribution in [3.63, 3.8) is 0 Å². The fourth-order valence-corrected chi connectivity index (χ4v) is 11.6. The summed E-state index contributed by atoms with van der Waals surface area (Å²) in [6, 6.07) is 70.4. The van der Waals surface area contributed by atoms with Crippen molar-refractivity contribution in [1.82, 2.24) is 9.97 Å². The first-order chi connectivity index (χ1) is 29.7. The minimum atomic E-state index is -0.564. The molecule has 2 aliphatic rings. The first-order valence-corrected chi connectivity index (χ1v) is 21.8. The van der Waals surface area contributed by atoms with Crippen LogP contribution < -0.4 is 4.74 Å². The fourth-order valence-electron chi connectivity index (χ4n) is 9.67. The van der Waals surface area contributed by atoms with Gasteiger partial charge in [0.25, 0.3) is 0 Å². The molecule has 13 rings (SSSR count). The maximum Gasteiger partial charge on any atom is 0.132 e. The Morgan fingerprint density at radius 2 is 0.850 bits per heavy atom. The van der Waals surface area contributed by atoms with Crippen molar-refractivity contribution in [2.24, 2.45) is 0 Å². The van der Waals surface area contributed by atoms with Gasteiger partial charge in [0.1, 0.15) is 21.5 Å². The van der Waals surface area contributed by atoms with Crippen molar-refractivity contribution in [2.45, 2.75) is 5.41 Å². The maximum atomic E-state index is 6.67. The molecule has 0 N–H and O–H groups in total. The Kier molecular flexibility index (Phi) is 7.26. The zero-order valence-corrected chi connectivity index (χ0v) is 33.7. The molecule has 3 heterocycles. The van der Waals surface area contributed by atoms with Crippen molar-refractivity contribution in [1.29, 1.82) is 0 Å². The van der Waals surface area contributed by atoms with Gasteiger partial charge in [0, 0.05) is 22.3 Å². The van der Waals surface area contributed by atoms with Crippen LogP contribution in [0.1, 0.15) is 22.3 Å². The van der Waals surface area contributed by atoms with E-state index in [2.05, 4.69) is 194 Å². The average Bonchev–Trinajstić information content (AvgIpc) is 4.02. The lowest BCUT2D eigenvalue weighted by Crippen LogP contribution is -2.32. The van der Waals surface area contributed by atoms with E-state index in [-0.39, 0.29) is 0 Å². The Morgan fingerprint density at radius 3 is 1.50 bits per heavy atom. The number of thiazole rings is 2. The van der Waals surface area contributed by atoms with E-state index in [0.717, 1.165) is 60.4 Å². The van der Waals surface area contributed by atoms with Crippen LogP contribution in [0.25, 0.3) is 85.7 Å². The van der Waals surface area contributed by atoms with Gasteiger partial charge in [-0.15, -0.1) is 22.7 Å². The highest BCUT2D eigenvalue weighted by Gasteiger charge is 2.51. The first-order valence-electron chi connectivity index (χ1n) is 20.2. The van der Waals surface area contributed by atoms with E-state index >= 15 is 0 Å². The third-order valence-electron chi connectivity index (χ3n) is 12.3. The molecule has 60 heavy (non-hydrogen) atoms. The van der Waals surface area contributed by atoms with Gasteiger partial charge < -0.3 is 4.74 Å². The molecular weight excluding hydrogens is 769 g/mol. The Morgan fingerprint density at radius 1 is 0.350 bits per heavy atom. The van der Waals surface area contributed by atoms with Gasteiger partial charge >= 0.3 is 0 Å². The smallest absolute Gasteiger partial charge is 0.132 e. The molecule has 0 bridgehead atoms. The number of benzene rings is 9. The highest BCUT2D eigenvalue weighted by molar-refractivity contribution is 7.22. The van der Waals surface area contributed by atoms with Crippen LogP contribution in [0.4, 0.5) is 0 Å². The number of hydrogen-bond acceptors (Lipinski definition) is 5. The minimum Gasteiger partial charge on any atom is -0.457 e. The molecule has 280 valence electrons. The second-order valence-corrected chi connectivity index (χ2v) is 17.8. The van der Waals surface area contributed by atoms with E-state index in [1.165, 1.54) is 59.1 Å². The Bertz CT molecular complexity index is 3360. The number of para-hydroxylation sites is 4. The number of nitrogens with zero attached hydrogens (tertiary/aromatic N) is 2. The number of hydrogen-bond donors (Lipinski definition) is 0. The molecule has 1 aliphatic carbocycles. The maximum absolute atomic E-state index is 6.67. The van der Waals surface area contributed by atoms with E-state index < -0.39 is 5.41 Å². The number of aromatic nitrogens is 2. The third-order valence-corrected chi connectivity index (χ3v) is 14.5. The summed E-state index contributed by atoms with van der Waals surface area (Å²) in [6.45, 7) is 0. The molecule has 1 spiro atoms. The Hall–Kier alpha value is -7.18. The van der Waals surface area contributed by atoms with Gasteiger partial charge in [0.2, 0.25) is 0 Å². The molecule has 0 atom stereocenters. The van der Waals surface area contributed by atoms with Crippen LogP contribution in [0, 0.1) is 0 Å². The molecule has 0 amide bonds. The summed E-state index contributed by atoms with van der Waals surface area (Å²) in [5, 5.41) is 4.48. The predicted octanol–water partition coefficient (Wildman–Crippen LogP) is 15.2. The first kappa shape index (κ1) is 33.8. The molecule has 0 fully saturated rings. The summed E-state index contributed by atoms with van der Waals surface area (Å²) in [7, 11) is 0. The van der Waals surface area contributed by atoms with Gasteiger partial charge in [-0.05, 0) is 134 Å². The Balaban J connectivity index is 1.01. The number of ether oxygens (including phenoxy) is 1. The van der Waals surface area contributed by atoms with Gasteiger partial charge in [0.05, 0.1) is 25.8 Å². The van der Waals surface area contributed by atoms with Gasteiger partial charge in [-0.25, -0.2) is 9.97 Å². The molecule has 0 unspecified atom stereocenters. The zero-order valence-electron chi connectivity index (χ0n) is 32.1. The normalized spacial score (nSPS) is 13.3. The molecule has 0 radical (unpaired) electrons. The summed E-state index contributed by atoms with van der Waals surface area (Å²) in [6.07, 6.45) is 0. The monoisotopic (exact) mass is 800 g/mol. The van der Waals surface area contributed by atoms with Gasteiger partial charge in [-0.2, -0.15) is 0 Å². The molecular formula is C55H32N2OS2. The second kappa shape index (κ2) is 12.9. The standard InChI is InChI=1S/C55H32N2OS2/c1-2-13-36-31-46-42(30-35(36)12-1)41-25-24-37(32-45(41)55(46)43-16-3-7-20-49(43)58-50-21-8-4-17-44(50)55)33-14-11-15-34(26-33)38-27-39(53-56-47-18-5-9-22-51(47)59-53)29-40(28-38)54-57-48-19-6-10-23-52(48)60-54/h1-32H. The fraction of sp³-hybridized carbons (Fsp3) is 0.0182. The van der Waals surface area contributed by atoms with Crippen molar-refractivity contribution in [3.05, 3.63) is 216 Å². The lowest BCUT2D eigenvalue weighted by atomic mass is 9.65. The van der Waals surface area contributed by atoms with Crippen molar-refractivity contribution in [3.8, 4) is 66.0 Å². The largest absolute Gasteiger partial charge is 0.457 e. The van der Waals surface area contributed by atoms with Crippen LogP contribution in [0.2, 0.25) is 0 Å². The highest BCUT2D eigenvalue weighted by Crippen LogP contribution is 2.63. The van der Waals surface area contributed by atoms with Crippen LogP contribution in [0.5, 0.6) is 11.5 Å². The van der Waals surface area contributed by atoms with E-state index in [4.69, 9.17) is 14.7 Å². The molecule has 3 nitrogen and oxygen atoms in total. The summed E-state index contributed by atoms with van der Waals surface area (Å²) in [5.41, 5.74) is 15.7. The molecule has 0 saturated heterocycles. The molecule has 11 aromatic rings. The lowest BCUT2D eigenvalue weighted by Gasteiger charge is -2.39. The number of fused-ring (bicyclic) bond motifs is 12. The van der Waals surface area contributed by atoms with Crippen molar-refractivity contribution in [2.75, 3.05) is 0 Å². The van der Waals surface area contributed by atoms with Crippen LogP contribution in [-0.4, -0.2) is 9.97 Å². The predicted molar refractivity (Wildman–Crippen MR) is 249 cm³/mol. The van der Waals surface area contributed by atoms with Crippen LogP contribution in [0.3, 0.4) is 0 Å². The third kappa shape index (κ3) is 5.00. The number of rotatable bonds is 4. The quantitative estimate of drug-likeness (QED) is 0.178.